The molecule has 0 bridgehead atoms. The van der Waals surface area contributed by atoms with Crippen LogP contribution in [-0.2, 0) is 6.61 Å². The van der Waals surface area contributed by atoms with Gasteiger partial charge in [0.1, 0.15) is 5.75 Å². The van der Waals surface area contributed by atoms with Crippen LogP contribution in [0, 0.1) is 18.6 Å². The molecule has 2 aromatic carbocycles. The molecule has 0 aliphatic rings. The molecule has 1 atom stereocenters. The number of aromatic nitrogens is 2. The zero-order valence-corrected chi connectivity index (χ0v) is 14.7. The summed E-state index contributed by atoms with van der Waals surface area (Å²) in [5, 5.41) is 6.46. The van der Waals surface area contributed by atoms with Crippen molar-refractivity contribution >= 4 is 5.91 Å². The number of hydrogen-bond donors (Lipinski definition) is 1. The molecule has 1 aromatic heterocycles. The highest BCUT2D eigenvalue weighted by atomic mass is 19.2. The fourth-order valence-corrected chi connectivity index (χ4v) is 2.40. The topological polar surface area (TPSA) is 77.2 Å². The van der Waals surface area contributed by atoms with Crippen molar-refractivity contribution in [3.8, 4) is 5.75 Å². The van der Waals surface area contributed by atoms with E-state index in [0.717, 1.165) is 12.1 Å². The number of amides is 1. The molecule has 0 radical (unpaired) electrons. The van der Waals surface area contributed by atoms with Crippen LogP contribution in [0.4, 0.5) is 8.78 Å². The van der Waals surface area contributed by atoms with Gasteiger partial charge in [-0.25, -0.2) is 8.78 Å². The minimum absolute atomic E-state index is 0.149. The predicted octanol–water partition coefficient (Wildman–Crippen LogP) is 3.73. The summed E-state index contributed by atoms with van der Waals surface area (Å²) in [6.45, 7) is 3.52. The average Bonchev–Trinajstić information content (AvgIpc) is 3.08. The third-order valence-electron chi connectivity index (χ3n) is 3.85. The van der Waals surface area contributed by atoms with Gasteiger partial charge in [0, 0.05) is 12.5 Å². The number of benzene rings is 2. The normalized spacial score (nSPS) is 11.9. The molecule has 8 heteroatoms. The van der Waals surface area contributed by atoms with E-state index in [1.165, 1.54) is 6.07 Å². The fourth-order valence-electron chi connectivity index (χ4n) is 2.40. The summed E-state index contributed by atoms with van der Waals surface area (Å²) in [4.78, 5) is 16.3. The van der Waals surface area contributed by atoms with Gasteiger partial charge in [0.25, 0.3) is 5.91 Å². The molecule has 3 aromatic rings. The third-order valence-corrected chi connectivity index (χ3v) is 3.85. The van der Waals surface area contributed by atoms with Crippen molar-refractivity contribution in [1.82, 2.24) is 15.5 Å². The standard InChI is InChI=1S/C19H17F2N3O3/c1-11(14-5-8-16(20)17(21)9-14)22-19(25)13-3-6-15(7-4-13)26-10-18-23-12(2)27-24-18/h3-9,11H,10H2,1-2H3,(H,22,25)/t11-/m0/s1. The lowest BCUT2D eigenvalue weighted by molar-refractivity contribution is 0.0939. The van der Waals surface area contributed by atoms with Gasteiger partial charge in [0.05, 0.1) is 6.04 Å². The lowest BCUT2D eigenvalue weighted by Gasteiger charge is -2.15. The Hall–Kier alpha value is -3.29. The summed E-state index contributed by atoms with van der Waals surface area (Å²) < 4.78 is 36.7. The lowest BCUT2D eigenvalue weighted by atomic mass is 10.1. The first-order valence-electron chi connectivity index (χ1n) is 8.20. The van der Waals surface area contributed by atoms with E-state index < -0.39 is 17.7 Å². The molecule has 0 aliphatic heterocycles. The number of hydrogen-bond acceptors (Lipinski definition) is 5. The predicted molar refractivity (Wildman–Crippen MR) is 92.0 cm³/mol. The van der Waals surface area contributed by atoms with Crippen molar-refractivity contribution in [2.24, 2.45) is 0 Å². The third kappa shape index (κ3) is 4.66. The van der Waals surface area contributed by atoms with Gasteiger partial charge in [-0.15, -0.1) is 0 Å². The van der Waals surface area contributed by atoms with Crippen LogP contribution in [-0.4, -0.2) is 16.0 Å². The van der Waals surface area contributed by atoms with Gasteiger partial charge in [-0.2, -0.15) is 4.98 Å². The number of carbonyl (C=O) groups is 1. The van der Waals surface area contributed by atoms with E-state index in [2.05, 4.69) is 15.5 Å². The molecule has 140 valence electrons. The molecule has 0 unspecified atom stereocenters. The SMILES string of the molecule is Cc1nc(COc2ccc(C(=O)N[C@@H](C)c3ccc(F)c(F)c3)cc2)no1. The van der Waals surface area contributed by atoms with Gasteiger partial charge in [0.2, 0.25) is 11.7 Å². The van der Waals surface area contributed by atoms with Crippen LogP contribution in [0.1, 0.15) is 40.6 Å². The lowest BCUT2D eigenvalue weighted by Crippen LogP contribution is -2.26. The van der Waals surface area contributed by atoms with Gasteiger partial charge in [-0.3, -0.25) is 4.79 Å². The summed E-state index contributed by atoms with van der Waals surface area (Å²) >= 11 is 0. The van der Waals surface area contributed by atoms with E-state index in [1.54, 1.807) is 38.1 Å². The average molecular weight is 373 g/mol. The Morgan fingerprint density at radius 2 is 1.93 bits per heavy atom. The van der Waals surface area contributed by atoms with E-state index in [0.29, 0.717) is 28.6 Å². The van der Waals surface area contributed by atoms with Gasteiger partial charge in [0.15, 0.2) is 18.2 Å². The Balaban J connectivity index is 1.58. The first-order chi connectivity index (χ1) is 12.9. The summed E-state index contributed by atoms with van der Waals surface area (Å²) in [7, 11) is 0. The maximum absolute atomic E-state index is 13.3. The van der Waals surface area contributed by atoms with Gasteiger partial charge < -0.3 is 14.6 Å². The van der Waals surface area contributed by atoms with Crippen LogP contribution in [0.15, 0.2) is 47.0 Å². The van der Waals surface area contributed by atoms with Crippen molar-refractivity contribution in [3.05, 3.63) is 76.9 Å². The molecular weight excluding hydrogens is 356 g/mol. The largest absolute Gasteiger partial charge is 0.485 e. The quantitative estimate of drug-likeness (QED) is 0.712. The molecule has 0 fully saturated rings. The molecule has 27 heavy (non-hydrogen) atoms. The summed E-state index contributed by atoms with van der Waals surface area (Å²) in [5.74, 6) is -0.795. The molecule has 0 aliphatic carbocycles. The molecular formula is C19H17F2N3O3. The Morgan fingerprint density at radius 1 is 1.19 bits per heavy atom. The molecule has 0 saturated carbocycles. The number of rotatable bonds is 6. The molecule has 1 N–H and O–H groups in total. The number of aryl methyl sites for hydroxylation is 1. The number of ether oxygens (including phenoxy) is 1. The smallest absolute Gasteiger partial charge is 0.251 e. The molecule has 1 amide bonds. The van der Waals surface area contributed by atoms with Crippen LogP contribution in [0.2, 0.25) is 0 Å². The molecule has 1 heterocycles. The van der Waals surface area contributed by atoms with E-state index in [4.69, 9.17) is 9.26 Å². The second kappa shape index (κ2) is 7.94. The highest BCUT2D eigenvalue weighted by molar-refractivity contribution is 5.94. The van der Waals surface area contributed by atoms with E-state index in [1.807, 2.05) is 0 Å². The summed E-state index contributed by atoms with van der Waals surface area (Å²) in [6, 6.07) is 9.54. The van der Waals surface area contributed by atoms with E-state index in [-0.39, 0.29) is 12.5 Å². The summed E-state index contributed by atoms with van der Waals surface area (Å²) in [5.41, 5.74) is 0.879. The molecule has 0 saturated heterocycles. The van der Waals surface area contributed by atoms with Crippen LogP contribution in [0.3, 0.4) is 0 Å². The molecule has 0 spiro atoms. The van der Waals surface area contributed by atoms with Crippen LogP contribution < -0.4 is 10.1 Å². The van der Waals surface area contributed by atoms with Crippen molar-refractivity contribution in [2.45, 2.75) is 26.5 Å². The van der Waals surface area contributed by atoms with Gasteiger partial charge in [-0.05, 0) is 48.9 Å². The Morgan fingerprint density at radius 3 is 2.56 bits per heavy atom. The first-order valence-corrected chi connectivity index (χ1v) is 8.20. The van der Waals surface area contributed by atoms with Crippen LogP contribution in [0.25, 0.3) is 0 Å². The monoisotopic (exact) mass is 373 g/mol. The van der Waals surface area contributed by atoms with Crippen molar-refractivity contribution < 1.29 is 22.8 Å². The van der Waals surface area contributed by atoms with Crippen molar-refractivity contribution in [3.63, 3.8) is 0 Å². The number of carbonyl (C=O) groups excluding carboxylic acids is 1. The first kappa shape index (κ1) is 18.5. The highest BCUT2D eigenvalue weighted by Crippen LogP contribution is 2.18. The molecule has 6 nitrogen and oxygen atoms in total. The van der Waals surface area contributed by atoms with Crippen molar-refractivity contribution in [2.75, 3.05) is 0 Å². The second-order valence-electron chi connectivity index (χ2n) is 5.91. The zero-order chi connectivity index (χ0) is 19.4. The second-order valence-corrected chi connectivity index (χ2v) is 5.91. The van der Waals surface area contributed by atoms with E-state index in [9.17, 15) is 13.6 Å². The number of nitrogens with zero attached hydrogens (tertiary/aromatic N) is 2. The van der Waals surface area contributed by atoms with Gasteiger partial charge >= 0.3 is 0 Å². The maximum Gasteiger partial charge on any atom is 0.251 e. The maximum atomic E-state index is 13.3. The van der Waals surface area contributed by atoms with E-state index >= 15 is 0 Å². The van der Waals surface area contributed by atoms with Crippen LogP contribution in [0.5, 0.6) is 5.75 Å². The number of halogens is 2. The Labute approximate surface area is 154 Å². The minimum atomic E-state index is -0.952. The summed E-state index contributed by atoms with van der Waals surface area (Å²) in [6.07, 6.45) is 0. The Kier molecular flexibility index (Phi) is 5.44. The molecule has 3 rings (SSSR count). The van der Waals surface area contributed by atoms with Crippen molar-refractivity contribution in [1.29, 1.82) is 0 Å². The number of nitrogens with one attached hydrogen (secondary N) is 1. The fraction of sp³-hybridized carbons (Fsp3) is 0.211. The minimum Gasteiger partial charge on any atom is -0.485 e. The zero-order valence-electron chi connectivity index (χ0n) is 14.7. The van der Waals surface area contributed by atoms with Gasteiger partial charge in [-0.1, -0.05) is 11.2 Å². The Bertz CT molecular complexity index is 942. The highest BCUT2D eigenvalue weighted by Gasteiger charge is 2.13. The van der Waals surface area contributed by atoms with Crippen LogP contribution >= 0.6 is 0 Å².